The predicted molar refractivity (Wildman–Crippen MR) is 130 cm³/mol. The number of hydrogen-bond acceptors (Lipinski definition) is 6. The fourth-order valence-electron chi connectivity index (χ4n) is 4.39. The Morgan fingerprint density at radius 3 is 2.62 bits per heavy atom. The number of nitrogens with two attached hydrogens (primary N) is 1. The van der Waals surface area contributed by atoms with E-state index < -0.39 is 0 Å². The van der Waals surface area contributed by atoms with E-state index in [1.54, 1.807) is 15.5 Å². The summed E-state index contributed by atoms with van der Waals surface area (Å²) in [6.45, 7) is 1.33. The van der Waals surface area contributed by atoms with Crippen molar-refractivity contribution < 1.29 is 9.59 Å². The molecular formula is C24H24N6O3S. The van der Waals surface area contributed by atoms with Crippen LogP contribution in [0.25, 0.3) is 16.7 Å². The molecule has 1 aliphatic heterocycles. The van der Waals surface area contributed by atoms with Gasteiger partial charge in [0.05, 0.1) is 29.1 Å². The third-order valence-corrected chi connectivity index (χ3v) is 7.08. The van der Waals surface area contributed by atoms with Crippen LogP contribution in [0, 0.1) is 5.92 Å². The average Bonchev–Trinajstić information content (AvgIpc) is 3.30. The van der Waals surface area contributed by atoms with Crippen molar-refractivity contribution in [3.8, 4) is 0 Å². The SMILES string of the molecule is NC(=O)C1CCCN(C(=O)CSc2nnc3n(Cc4ccccc4)c(=O)c4ccccc4n23)C1. The molecule has 2 amide bonds. The van der Waals surface area contributed by atoms with E-state index in [1.807, 2.05) is 52.9 Å². The van der Waals surface area contributed by atoms with Crippen molar-refractivity contribution in [3.63, 3.8) is 0 Å². The number of primary amides is 1. The number of nitrogens with zero attached hydrogens (tertiary/aromatic N) is 5. The standard InChI is InChI=1S/C24H24N6O3S/c25-21(32)17-9-6-12-28(14-17)20(31)15-34-24-27-26-23-29(13-16-7-2-1-3-8-16)22(33)18-10-4-5-11-19(18)30(23)24/h1-5,7-8,10-11,17H,6,9,12-15H2,(H2,25,32). The van der Waals surface area contributed by atoms with Gasteiger partial charge in [0.2, 0.25) is 17.6 Å². The second-order valence-electron chi connectivity index (χ2n) is 8.38. The van der Waals surface area contributed by atoms with E-state index in [9.17, 15) is 14.4 Å². The molecule has 174 valence electrons. The van der Waals surface area contributed by atoms with Gasteiger partial charge in [0, 0.05) is 13.1 Å². The smallest absolute Gasteiger partial charge is 0.263 e. The van der Waals surface area contributed by atoms with Crippen LogP contribution in [0.15, 0.2) is 64.5 Å². The lowest BCUT2D eigenvalue weighted by Crippen LogP contribution is -2.44. The van der Waals surface area contributed by atoms with Crippen molar-refractivity contribution >= 4 is 40.3 Å². The van der Waals surface area contributed by atoms with E-state index in [0.717, 1.165) is 12.0 Å². The third-order valence-electron chi connectivity index (χ3n) is 6.16. The molecule has 1 atom stereocenters. The Kier molecular flexibility index (Phi) is 6.06. The number of carbonyl (C=O) groups is 2. The zero-order valence-electron chi connectivity index (χ0n) is 18.5. The Morgan fingerprint density at radius 2 is 1.82 bits per heavy atom. The van der Waals surface area contributed by atoms with Crippen LogP contribution in [0.3, 0.4) is 0 Å². The van der Waals surface area contributed by atoms with Gasteiger partial charge < -0.3 is 10.6 Å². The van der Waals surface area contributed by atoms with Crippen molar-refractivity contribution in [1.29, 1.82) is 0 Å². The summed E-state index contributed by atoms with van der Waals surface area (Å²) < 4.78 is 3.44. The highest BCUT2D eigenvalue weighted by molar-refractivity contribution is 7.99. The van der Waals surface area contributed by atoms with Crippen molar-refractivity contribution in [1.82, 2.24) is 24.1 Å². The van der Waals surface area contributed by atoms with Gasteiger partial charge in [-0.1, -0.05) is 54.2 Å². The van der Waals surface area contributed by atoms with E-state index in [1.165, 1.54) is 11.8 Å². The first-order valence-corrected chi connectivity index (χ1v) is 12.1. The molecule has 3 heterocycles. The number of carbonyl (C=O) groups excluding carboxylic acids is 2. The van der Waals surface area contributed by atoms with E-state index in [2.05, 4.69) is 10.2 Å². The number of benzene rings is 2. The van der Waals surface area contributed by atoms with Crippen LogP contribution in [0.1, 0.15) is 18.4 Å². The Hall–Kier alpha value is -3.66. The molecule has 0 radical (unpaired) electrons. The summed E-state index contributed by atoms with van der Waals surface area (Å²) in [7, 11) is 0. The molecule has 0 saturated carbocycles. The van der Waals surface area contributed by atoms with Crippen LogP contribution in [-0.2, 0) is 16.1 Å². The van der Waals surface area contributed by atoms with Crippen molar-refractivity contribution in [2.24, 2.45) is 11.7 Å². The molecule has 10 heteroatoms. The summed E-state index contributed by atoms with van der Waals surface area (Å²) >= 11 is 1.27. The fraction of sp³-hybridized carbons (Fsp3) is 0.292. The van der Waals surface area contributed by atoms with Gasteiger partial charge in [0.15, 0.2) is 5.16 Å². The number of thioether (sulfide) groups is 1. The average molecular weight is 477 g/mol. The Bertz CT molecular complexity index is 1430. The molecule has 0 aliphatic carbocycles. The number of hydrogen-bond donors (Lipinski definition) is 1. The van der Waals surface area contributed by atoms with E-state index in [4.69, 9.17) is 5.73 Å². The molecule has 4 aromatic rings. The number of likely N-dealkylation sites (tertiary alicyclic amines) is 1. The van der Waals surface area contributed by atoms with Crippen LogP contribution in [0.5, 0.6) is 0 Å². The molecule has 1 saturated heterocycles. The summed E-state index contributed by atoms with van der Waals surface area (Å²) in [4.78, 5) is 39.4. The van der Waals surface area contributed by atoms with Crippen molar-refractivity contribution in [2.45, 2.75) is 24.5 Å². The summed E-state index contributed by atoms with van der Waals surface area (Å²) in [6, 6.07) is 17.0. The van der Waals surface area contributed by atoms with Crippen LogP contribution < -0.4 is 11.3 Å². The number of rotatable bonds is 6. The fourth-order valence-corrected chi connectivity index (χ4v) is 5.23. The second kappa shape index (κ2) is 9.30. The van der Waals surface area contributed by atoms with Crippen LogP contribution >= 0.6 is 11.8 Å². The predicted octanol–water partition coefficient (Wildman–Crippen LogP) is 1.91. The van der Waals surface area contributed by atoms with E-state index in [-0.39, 0.29) is 29.0 Å². The molecule has 2 N–H and O–H groups in total. The number of amides is 2. The van der Waals surface area contributed by atoms with Gasteiger partial charge in [-0.25, -0.2) is 0 Å². The molecule has 1 fully saturated rings. The van der Waals surface area contributed by atoms with Gasteiger partial charge in [-0.2, -0.15) is 0 Å². The maximum atomic E-state index is 13.3. The number of aromatic nitrogens is 4. The lowest BCUT2D eigenvalue weighted by atomic mass is 9.97. The molecule has 1 aliphatic rings. The minimum Gasteiger partial charge on any atom is -0.369 e. The van der Waals surface area contributed by atoms with E-state index >= 15 is 0 Å². The highest BCUT2D eigenvalue weighted by Crippen LogP contribution is 2.23. The Labute approximate surface area is 199 Å². The molecule has 9 nitrogen and oxygen atoms in total. The largest absolute Gasteiger partial charge is 0.369 e. The monoisotopic (exact) mass is 476 g/mol. The van der Waals surface area contributed by atoms with Gasteiger partial charge in [0.1, 0.15) is 0 Å². The van der Waals surface area contributed by atoms with Crippen LogP contribution in [-0.4, -0.2) is 54.7 Å². The lowest BCUT2D eigenvalue weighted by Gasteiger charge is -2.31. The number of fused-ring (bicyclic) bond motifs is 3. The quantitative estimate of drug-likeness (QED) is 0.425. The summed E-state index contributed by atoms with van der Waals surface area (Å²) in [5, 5.41) is 9.73. The van der Waals surface area contributed by atoms with Gasteiger partial charge in [0.25, 0.3) is 5.56 Å². The zero-order chi connectivity index (χ0) is 23.7. The minimum absolute atomic E-state index is 0.0744. The molecule has 5 rings (SSSR count). The molecule has 1 unspecified atom stereocenters. The van der Waals surface area contributed by atoms with Gasteiger partial charge in [-0.3, -0.25) is 23.4 Å². The molecule has 34 heavy (non-hydrogen) atoms. The first-order valence-electron chi connectivity index (χ1n) is 11.1. The highest BCUT2D eigenvalue weighted by atomic mass is 32.2. The van der Waals surface area contributed by atoms with Gasteiger partial charge in [-0.05, 0) is 30.5 Å². The lowest BCUT2D eigenvalue weighted by molar-refractivity contribution is -0.132. The van der Waals surface area contributed by atoms with E-state index in [0.29, 0.717) is 47.9 Å². The zero-order valence-corrected chi connectivity index (χ0v) is 19.3. The molecular weight excluding hydrogens is 452 g/mol. The number of piperidine rings is 1. The van der Waals surface area contributed by atoms with Crippen LogP contribution in [0.4, 0.5) is 0 Å². The van der Waals surface area contributed by atoms with Gasteiger partial charge in [-0.15, -0.1) is 10.2 Å². The maximum absolute atomic E-state index is 13.3. The third kappa shape index (κ3) is 4.16. The maximum Gasteiger partial charge on any atom is 0.263 e. The van der Waals surface area contributed by atoms with Crippen molar-refractivity contribution in [2.75, 3.05) is 18.8 Å². The summed E-state index contributed by atoms with van der Waals surface area (Å²) in [5.41, 5.74) is 6.97. The topological polar surface area (TPSA) is 116 Å². The first kappa shape index (κ1) is 22.1. The Balaban J connectivity index is 1.47. The van der Waals surface area contributed by atoms with Crippen molar-refractivity contribution in [3.05, 3.63) is 70.5 Å². The van der Waals surface area contributed by atoms with Gasteiger partial charge >= 0.3 is 0 Å². The Morgan fingerprint density at radius 1 is 1.06 bits per heavy atom. The molecule has 2 aromatic heterocycles. The minimum atomic E-state index is -0.364. The molecule has 2 aromatic carbocycles. The summed E-state index contributed by atoms with van der Waals surface area (Å²) in [6.07, 6.45) is 1.47. The molecule has 0 bridgehead atoms. The number of para-hydroxylation sites is 1. The normalized spacial score (nSPS) is 16.2. The second-order valence-corrected chi connectivity index (χ2v) is 9.32. The highest BCUT2D eigenvalue weighted by Gasteiger charge is 2.27. The molecule has 0 spiro atoms. The van der Waals surface area contributed by atoms with Crippen LogP contribution in [0.2, 0.25) is 0 Å². The first-order chi connectivity index (χ1) is 16.5. The summed E-state index contributed by atoms with van der Waals surface area (Å²) in [5.74, 6) is -0.161.